The summed E-state index contributed by atoms with van der Waals surface area (Å²) in [6.07, 6.45) is 2.05. The summed E-state index contributed by atoms with van der Waals surface area (Å²) in [4.78, 5) is 29.0. The molecule has 0 unspecified atom stereocenters. The highest BCUT2D eigenvalue weighted by atomic mass is 35.5. The van der Waals surface area contributed by atoms with E-state index in [0.717, 1.165) is 28.1 Å². The number of halogens is 1. The fourth-order valence-electron chi connectivity index (χ4n) is 4.04. The Bertz CT molecular complexity index is 1320. The van der Waals surface area contributed by atoms with Gasteiger partial charge in [-0.05, 0) is 48.7 Å². The molecule has 9 heteroatoms. The molecule has 3 aromatic rings. The Balaban J connectivity index is 2.04. The van der Waals surface area contributed by atoms with Gasteiger partial charge < -0.3 is 10.2 Å². The molecule has 0 aliphatic rings. The second-order valence-electron chi connectivity index (χ2n) is 9.28. The lowest BCUT2D eigenvalue weighted by molar-refractivity contribution is -0.140. The monoisotopic (exact) mass is 555 g/mol. The first kappa shape index (κ1) is 29.2. The first-order chi connectivity index (χ1) is 18.1. The number of anilines is 1. The van der Waals surface area contributed by atoms with Gasteiger partial charge in [0.1, 0.15) is 12.6 Å². The van der Waals surface area contributed by atoms with E-state index in [-0.39, 0.29) is 24.9 Å². The van der Waals surface area contributed by atoms with Crippen molar-refractivity contribution in [2.75, 3.05) is 17.1 Å². The molecular weight excluding hydrogens is 522 g/mol. The molecule has 0 aromatic heterocycles. The van der Waals surface area contributed by atoms with Crippen LogP contribution in [0.5, 0.6) is 0 Å². The molecular formula is C29H34ClN3O4S. The molecule has 0 radical (unpaired) electrons. The number of para-hydroxylation sites is 1. The zero-order chi connectivity index (χ0) is 27.7. The fraction of sp³-hybridized carbons (Fsp3) is 0.310. The van der Waals surface area contributed by atoms with Crippen LogP contribution in [0.3, 0.4) is 0 Å². The molecule has 3 aromatic carbocycles. The zero-order valence-corrected chi connectivity index (χ0v) is 23.5. The second kappa shape index (κ2) is 13.4. The van der Waals surface area contributed by atoms with E-state index < -0.39 is 28.5 Å². The van der Waals surface area contributed by atoms with Crippen LogP contribution in [0, 0.1) is 0 Å². The summed E-state index contributed by atoms with van der Waals surface area (Å²) < 4.78 is 26.5. The van der Waals surface area contributed by atoms with Crippen molar-refractivity contribution in [3.63, 3.8) is 0 Å². The van der Waals surface area contributed by atoms with Crippen LogP contribution < -0.4 is 9.62 Å². The summed E-state index contributed by atoms with van der Waals surface area (Å²) in [6.45, 7) is 3.50. The van der Waals surface area contributed by atoms with Crippen molar-refractivity contribution in [1.29, 1.82) is 0 Å². The summed E-state index contributed by atoms with van der Waals surface area (Å²) in [5, 5.41) is 3.51. The topological polar surface area (TPSA) is 86.8 Å². The minimum atomic E-state index is -3.79. The molecule has 38 heavy (non-hydrogen) atoms. The van der Waals surface area contributed by atoms with Crippen molar-refractivity contribution < 1.29 is 18.0 Å². The number of hydrogen-bond donors (Lipinski definition) is 1. The zero-order valence-electron chi connectivity index (χ0n) is 21.9. The molecule has 0 heterocycles. The predicted octanol–water partition coefficient (Wildman–Crippen LogP) is 4.66. The Kier molecular flexibility index (Phi) is 10.3. The molecule has 2 atom stereocenters. The summed E-state index contributed by atoms with van der Waals surface area (Å²) in [5.41, 5.74) is 1.98. The smallest absolute Gasteiger partial charge is 0.244 e. The summed E-state index contributed by atoms with van der Waals surface area (Å²) in [7, 11) is -3.79. The number of benzene rings is 3. The van der Waals surface area contributed by atoms with E-state index >= 15 is 0 Å². The molecule has 202 valence electrons. The van der Waals surface area contributed by atoms with E-state index in [9.17, 15) is 18.0 Å². The summed E-state index contributed by atoms with van der Waals surface area (Å²) in [5.74, 6) is -0.802. The van der Waals surface area contributed by atoms with E-state index in [1.54, 1.807) is 48.5 Å². The third-order valence-electron chi connectivity index (χ3n) is 6.24. The Hall–Kier alpha value is -3.36. The van der Waals surface area contributed by atoms with Crippen molar-refractivity contribution in [3.05, 3.63) is 101 Å². The van der Waals surface area contributed by atoms with Crippen LogP contribution >= 0.6 is 11.6 Å². The van der Waals surface area contributed by atoms with Gasteiger partial charge in [-0.3, -0.25) is 13.9 Å². The standard InChI is InChI=1S/C29H34ClN3O4S/c1-4-22(2)31-29(35)27(19-23-12-7-5-8-13-23)32(20-24-14-11-15-25(30)18-24)28(34)21-33(38(3,36)37)26-16-9-6-10-17-26/h5-18,22,27H,4,19-21H2,1-3H3,(H,31,35)/t22-,27+/m1/s1. The van der Waals surface area contributed by atoms with E-state index in [2.05, 4.69) is 5.32 Å². The maximum atomic E-state index is 14.0. The Morgan fingerprint density at radius 2 is 1.53 bits per heavy atom. The van der Waals surface area contributed by atoms with Crippen LogP contribution in [-0.4, -0.2) is 50.0 Å². The number of carbonyl (C=O) groups is 2. The van der Waals surface area contributed by atoms with Crippen molar-refractivity contribution >= 4 is 39.1 Å². The molecule has 0 fully saturated rings. The van der Waals surface area contributed by atoms with E-state index in [1.165, 1.54) is 4.90 Å². The highest BCUT2D eigenvalue weighted by molar-refractivity contribution is 7.92. The Labute approximate surface area is 230 Å². The Morgan fingerprint density at radius 3 is 2.11 bits per heavy atom. The molecule has 7 nitrogen and oxygen atoms in total. The lowest BCUT2D eigenvalue weighted by atomic mass is 10.0. The SMILES string of the molecule is CC[C@@H](C)NC(=O)[C@H](Cc1ccccc1)N(Cc1cccc(Cl)c1)C(=O)CN(c1ccccc1)S(C)(=O)=O. The second-order valence-corrected chi connectivity index (χ2v) is 11.6. The van der Waals surface area contributed by atoms with Gasteiger partial charge in [0, 0.05) is 24.0 Å². The van der Waals surface area contributed by atoms with Gasteiger partial charge in [-0.2, -0.15) is 0 Å². The molecule has 0 spiro atoms. The predicted molar refractivity (Wildman–Crippen MR) is 152 cm³/mol. The average molecular weight is 556 g/mol. The molecule has 0 aliphatic heterocycles. The fourth-order valence-corrected chi connectivity index (χ4v) is 5.10. The Morgan fingerprint density at radius 1 is 0.921 bits per heavy atom. The molecule has 3 rings (SSSR count). The van der Waals surface area contributed by atoms with Crippen LogP contribution in [0.1, 0.15) is 31.4 Å². The van der Waals surface area contributed by atoms with Crippen molar-refractivity contribution in [3.8, 4) is 0 Å². The van der Waals surface area contributed by atoms with Gasteiger partial charge >= 0.3 is 0 Å². The van der Waals surface area contributed by atoms with Crippen LogP contribution in [0.2, 0.25) is 5.02 Å². The number of rotatable bonds is 12. The number of hydrogen-bond acceptors (Lipinski definition) is 4. The molecule has 0 saturated carbocycles. The molecule has 2 amide bonds. The van der Waals surface area contributed by atoms with Gasteiger partial charge in [0.05, 0.1) is 11.9 Å². The molecule has 1 N–H and O–H groups in total. The number of sulfonamides is 1. The first-order valence-electron chi connectivity index (χ1n) is 12.5. The maximum absolute atomic E-state index is 14.0. The molecule has 0 aliphatic carbocycles. The number of carbonyl (C=O) groups excluding carboxylic acids is 2. The van der Waals surface area contributed by atoms with Crippen LogP contribution in [-0.2, 0) is 32.6 Å². The minimum Gasteiger partial charge on any atom is -0.352 e. The van der Waals surface area contributed by atoms with E-state index in [0.29, 0.717) is 10.7 Å². The maximum Gasteiger partial charge on any atom is 0.244 e. The van der Waals surface area contributed by atoms with Gasteiger partial charge in [-0.1, -0.05) is 79.2 Å². The van der Waals surface area contributed by atoms with Crippen LogP contribution in [0.4, 0.5) is 5.69 Å². The third-order valence-corrected chi connectivity index (χ3v) is 7.61. The van der Waals surface area contributed by atoms with Crippen molar-refractivity contribution in [1.82, 2.24) is 10.2 Å². The average Bonchev–Trinajstić information content (AvgIpc) is 2.89. The van der Waals surface area contributed by atoms with Crippen molar-refractivity contribution in [2.45, 2.75) is 45.3 Å². The van der Waals surface area contributed by atoms with Crippen LogP contribution in [0.15, 0.2) is 84.9 Å². The van der Waals surface area contributed by atoms with Gasteiger partial charge in [0.2, 0.25) is 21.8 Å². The van der Waals surface area contributed by atoms with Gasteiger partial charge in [-0.15, -0.1) is 0 Å². The van der Waals surface area contributed by atoms with Crippen LogP contribution in [0.25, 0.3) is 0 Å². The largest absolute Gasteiger partial charge is 0.352 e. The number of nitrogens with zero attached hydrogens (tertiary/aromatic N) is 2. The minimum absolute atomic E-state index is 0.0806. The third kappa shape index (κ3) is 8.33. The van der Waals surface area contributed by atoms with E-state index in [1.807, 2.05) is 50.2 Å². The lowest BCUT2D eigenvalue weighted by Crippen LogP contribution is -2.54. The van der Waals surface area contributed by atoms with Gasteiger partial charge in [0.15, 0.2) is 0 Å². The van der Waals surface area contributed by atoms with Gasteiger partial charge in [0.25, 0.3) is 0 Å². The summed E-state index contributed by atoms with van der Waals surface area (Å²) >= 11 is 6.22. The van der Waals surface area contributed by atoms with Gasteiger partial charge in [-0.25, -0.2) is 8.42 Å². The normalized spacial score (nSPS) is 12.8. The molecule has 0 bridgehead atoms. The summed E-state index contributed by atoms with van der Waals surface area (Å²) in [6, 6.07) is 24.0. The van der Waals surface area contributed by atoms with E-state index in [4.69, 9.17) is 11.6 Å². The van der Waals surface area contributed by atoms with Crippen molar-refractivity contribution in [2.24, 2.45) is 0 Å². The number of nitrogens with one attached hydrogen (secondary N) is 1. The first-order valence-corrected chi connectivity index (χ1v) is 14.7. The highest BCUT2D eigenvalue weighted by Gasteiger charge is 2.33. The lowest BCUT2D eigenvalue weighted by Gasteiger charge is -2.34. The number of amides is 2. The quantitative estimate of drug-likeness (QED) is 0.352. The molecule has 0 saturated heterocycles. The highest BCUT2D eigenvalue weighted by Crippen LogP contribution is 2.21.